The number of urea groups is 1. The average molecular weight is 514 g/mol. The van der Waals surface area contributed by atoms with Crippen molar-refractivity contribution >= 4 is 22.6 Å². The van der Waals surface area contributed by atoms with Crippen LogP contribution in [0.1, 0.15) is 43.9 Å². The van der Waals surface area contributed by atoms with Crippen LogP contribution in [0.5, 0.6) is 5.75 Å². The van der Waals surface area contributed by atoms with Gasteiger partial charge in [0.25, 0.3) is 0 Å². The molecule has 0 spiro atoms. The van der Waals surface area contributed by atoms with E-state index in [0.717, 1.165) is 79.3 Å². The highest BCUT2D eigenvalue weighted by Gasteiger charge is 2.26. The zero-order valence-electron chi connectivity index (χ0n) is 22.2. The van der Waals surface area contributed by atoms with Gasteiger partial charge in [0.15, 0.2) is 0 Å². The molecule has 2 fully saturated rings. The summed E-state index contributed by atoms with van der Waals surface area (Å²) in [5, 5.41) is 4.06. The molecule has 0 unspecified atom stereocenters. The molecule has 0 saturated carbocycles. The largest absolute Gasteiger partial charge is 0.491 e. The van der Waals surface area contributed by atoms with Gasteiger partial charge in [-0.05, 0) is 69.2 Å². The second-order valence-corrected chi connectivity index (χ2v) is 10.1. The number of ether oxygens (including phenoxy) is 2. The minimum atomic E-state index is -0.0775. The summed E-state index contributed by atoms with van der Waals surface area (Å²) in [6.07, 6.45) is 3.47. The number of amides is 2. The maximum atomic E-state index is 12.9. The van der Waals surface area contributed by atoms with E-state index in [1.54, 1.807) is 6.33 Å². The molecule has 0 radical (unpaired) electrons. The highest BCUT2D eigenvalue weighted by Crippen LogP contribution is 2.31. The molecule has 0 aliphatic carbocycles. The van der Waals surface area contributed by atoms with Crippen molar-refractivity contribution in [1.29, 1.82) is 0 Å². The molecule has 2 aliphatic rings. The Kier molecular flexibility index (Phi) is 8.37. The first-order valence-electron chi connectivity index (χ1n) is 13.4. The summed E-state index contributed by atoms with van der Waals surface area (Å²) in [6.45, 7) is 9.50. The topological polar surface area (TPSA) is 79.8 Å². The zero-order valence-corrected chi connectivity index (χ0v) is 22.2. The quantitative estimate of drug-likeness (QED) is 0.506. The lowest BCUT2D eigenvalue weighted by Crippen LogP contribution is -2.40. The Morgan fingerprint density at radius 3 is 2.58 bits per heavy atom. The molecule has 38 heavy (non-hydrogen) atoms. The van der Waals surface area contributed by atoms with Crippen molar-refractivity contribution in [3.8, 4) is 17.6 Å². The van der Waals surface area contributed by atoms with Crippen LogP contribution in [0.4, 0.5) is 10.5 Å². The van der Waals surface area contributed by atoms with Crippen molar-refractivity contribution in [3.63, 3.8) is 0 Å². The Bertz CT molecular complexity index is 1300. The lowest BCUT2D eigenvalue weighted by atomic mass is 9.90. The van der Waals surface area contributed by atoms with Gasteiger partial charge in [-0.3, -0.25) is 4.90 Å². The van der Waals surface area contributed by atoms with E-state index in [2.05, 4.69) is 38.1 Å². The Morgan fingerprint density at radius 1 is 1.08 bits per heavy atom. The predicted octanol–water partition coefficient (Wildman–Crippen LogP) is 4.51. The molecule has 2 aliphatic heterocycles. The van der Waals surface area contributed by atoms with Crippen molar-refractivity contribution in [2.75, 3.05) is 51.3 Å². The fourth-order valence-corrected chi connectivity index (χ4v) is 4.94. The molecule has 2 saturated heterocycles. The average Bonchev–Trinajstić information content (AvgIpc) is 2.94. The van der Waals surface area contributed by atoms with E-state index in [0.29, 0.717) is 13.1 Å². The van der Waals surface area contributed by atoms with Gasteiger partial charge < -0.3 is 19.7 Å². The van der Waals surface area contributed by atoms with Crippen molar-refractivity contribution < 1.29 is 14.3 Å². The summed E-state index contributed by atoms with van der Waals surface area (Å²) in [4.78, 5) is 26.2. The number of carbonyl (C=O) groups excluding carboxylic acids is 1. The normalized spacial score (nSPS) is 16.8. The molecule has 2 aromatic carbocycles. The minimum Gasteiger partial charge on any atom is -0.491 e. The van der Waals surface area contributed by atoms with Crippen LogP contribution in [0.25, 0.3) is 10.9 Å². The van der Waals surface area contributed by atoms with Crippen molar-refractivity contribution in [2.24, 2.45) is 0 Å². The lowest BCUT2D eigenvalue weighted by molar-refractivity contribution is 0.0443. The van der Waals surface area contributed by atoms with Crippen LogP contribution in [0.3, 0.4) is 0 Å². The van der Waals surface area contributed by atoms with Crippen molar-refractivity contribution in [1.82, 2.24) is 19.8 Å². The molecule has 8 nitrogen and oxygen atoms in total. The number of hydrogen-bond donors (Lipinski definition) is 1. The van der Waals surface area contributed by atoms with E-state index in [9.17, 15) is 4.79 Å². The van der Waals surface area contributed by atoms with Crippen LogP contribution in [0.2, 0.25) is 0 Å². The standard InChI is InChI=1S/C30H35N5O3/c1-22(2)38-26-8-6-25(7-9-26)33-30(36)35-14-11-24(12-15-35)29-27-20-23(5-10-28(27)31-21-32-29)4-3-13-34-16-18-37-19-17-34/h5-10,20-22,24H,11-19H2,1-2H3,(H,33,36). The predicted molar refractivity (Wildman–Crippen MR) is 148 cm³/mol. The van der Waals surface area contributed by atoms with Gasteiger partial charge in [0.05, 0.1) is 37.1 Å². The molecule has 8 heteroatoms. The molecular weight excluding hydrogens is 478 g/mol. The number of hydrogen-bond acceptors (Lipinski definition) is 6. The third kappa shape index (κ3) is 6.60. The van der Waals surface area contributed by atoms with E-state index in [1.807, 2.05) is 55.1 Å². The van der Waals surface area contributed by atoms with E-state index in [-0.39, 0.29) is 18.1 Å². The van der Waals surface area contributed by atoms with Crippen LogP contribution in [0, 0.1) is 11.8 Å². The van der Waals surface area contributed by atoms with Crippen molar-refractivity contribution in [3.05, 3.63) is 60.0 Å². The lowest BCUT2D eigenvalue weighted by Gasteiger charge is -2.32. The first-order chi connectivity index (χ1) is 18.5. The molecule has 3 aromatic rings. The minimum absolute atomic E-state index is 0.0775. The van der Waals surface area contributed by atoms with Gasteiger partial charge in [-0.2, -0.15) is 0 Å². The van der Waals surface area contributed by atoms with Gasteiger partial charge in [-0.15, -0.1) is 0 Å². The summed E-state index contributed by atoms with van der Waals surface area (Å²) in [5.41, 5.74) is 3.71. The van der Waals surface area contributed by atoms with Gasteiger partial charge in [-0.25, -0.2) is 14.8 Å². The van der Waals surface area contributed by atoms with Gasteiger partial charge in [0.1, 0.15) is 12.1 Å². The summed E-state index contributed by atoms with van der Waals surface area (Å²) in [7, 11) is 0. The van der Waals surface area contributed by atoms with E-state index in [4.69, 9.17) is 9.47 Å². The fraction of sp³-hybridized carbons (Fsp3) is 0.433. The first kappa shape index (κ1) is 26.0. The fourth-order valence-electron chi connectivity index (χ4n) is 4.94. The third-order valence-electron chi connectivity index (χ3n) is 6.95. The number of rotatable bonds is 5. The Hall–Kier alpha value is -3.67. The van der Waals surface area contributed by atoms with Crippen LogP contribution in [-0.4, -0.2) is 77.8 Å². The van der Waals surface area contributed by atoms with E-state index >= 15 is 0 Å². The molecule has 2 amide bonds. The molecule has 1 aromatic heterocycles. The maximum absolute atomic E-state index is 12.9. The smallest absolute Gasteiger partial charge is 0.321 e. The van der Waals surface area contributed by atoms with Crippen molar-refractivity contribution in [2.45, 2.75) is 38.7 Å². The molecule has 0 atom stereocenters. The summed E-state index contributed by atoms with van der Waals surface area (Å²) in [6, 6.07) is 13.6. The highest BCUT2D eigenvalue weighted by molar-refractivity contribution is 5.89. The van der Waals surface area contributed by atoms with Gasteiger partial charge in [-0.1, -0.05) is 11.8 Å². The SMILES string of the molecule is CC(C)Oc1ccc(NC(=O)N2CCC(c3ncnc4ccc(C#CCN5CCOCC5)cc34)CC2)cc1. The monoisotopic (exact) mass is 513 g/mol. The number of fused-ring (bicyclic) bond motifs is 1. The number of anilines is 1. The number of morpholine rings is 1. The van der Waals surface area contributed by atoms with Gasteiger partial charge >= 0.3 is 6.03 Å². The summed E-state index contributed by atoms with van der Waals surface area (Å²) >= 11 is 0. The number of likely N-dealkylation sites (tertiary alicyclic amines) is 1. The Balaban J connectivity index is 1.20. The second-order valence-electron chi connectivity index (χ2n) is 10.1. The van der Waals surface area contributed by atoms with E-state index in [1.165, 1.54) is 0 Å². The number of aromatic nitrogens is 2. The van der Waals surface area contributed by atoms with Crippen LogP contribution < -0.4 is 10.1 Å². The Morgan fingerprint density at radius 2 is 1.84 bits per heavy atom. The first-order valence-corrected chi connectivity index (χ1v) is 13.4. The third-order valence-corrected chi connectivity index (χ3v) is 6.95. The zero-order chi connectivity index (χ0) is 26.3. The number of piperidine rings is 1. The van der Waals surface area contributed by atoms with Gasteiger partial charge in [0, 0.05) is 48.7 Å². The van der Waals surface area contributed by atoms with Crippen LogP contribution in [-0.2, 0) is 4.74 Å². The maximum Gasteiger partial charge on any atom is 0.321 e. The van der Waals surface area contributed by atoms with E-state index < -0.39 is 0 Å². The van der Waals surface area contributed by atoms with Gasteiger partial charge in [0.2, 0.25) is 0 Å². The van der Waals surface area contributed by atoms with Crippen LogP contribution >= 0.6 is 0 Å². The Labute approximate surface area is 224 Å². The summed E-state index contributed by atoms with van der Waals surface area (Å²) < 4.78 is 11.1. The molecular formula is C30H35N5O3. The molecule has 5 rings (SSSR count). The second kappa shape index (κ2) is 12.2. The number of nitrogens with one attached hydrogen (secondary N) is 1. The summed E-state index contributed by atoms with van der Waals surface area (Å²) in [5.74, 6) is 7.69. The van der Waals surface area contributed by atoms with Crippen LogP contribution in [0.15, 0.2) is 48.8 Å². The number of benzene rings is 2. The number of carbonyl (C=O) groups is 1. The molecule has 0 bridgehead atoms. The molecule has 3 heterocycles. The number of nitrogens with zero attached hydrogens (tertiary/aromatic N) is 4. The molecule has 198 valence electrons. The highest BCUT2D eigenvalue weighted by atomic mass is 16.5. The molecule has 1 N–H and O–H groups in total.